The third-order valence-corrected chi connectivity index (χ3v) is 2.93. The highest BCUT2D eigenvalue weighted by Gasteiger charge is 2.15. The molecule has 0 amide bonds. The van der Waals surface area contributed by atoms with Gasteiger partial charge in [0, 0.05) is 4.47 Å². The van der Waals surface area contributed by atoms with Crippen molar-refractivity contribution in [2.45, 2.75) is 4.90 Å². The van der Waals surface area contributed by atoms with Crippen LogP contribution in [0.25, 0.3) is 0 Å². The average Bonchev–Trinajstić information content (AvgIpc) is 2.01. The van der Waals surface area contributed by atoms with Crippen molar-refractivity contribution in [1.82, 2.24) is 0 Å². The van der Waals surface area contributed by atoms with Crippen LogP contribution in [-0.2, 0) is 10.2 Å². The first-order chi connectivity index (χ1) is 6.32. The Hall–Kier alpha value is -0.950. The first kappa shape index (κ1) is 11.1. The van der Waals surface area contributed by atoms with Gasteiger partial charge in [-0.05, 0) is 34.1 Å². The standard InChI is InChI=1S/C7H4BrFO4S/c8-6-3-4(14(9,12)13)1-2-5(6)7(10)11/h1-3H,(H,10,11). The Labute approximate surface area is 87.7 Å². The molecule has 7 heteroatoms. The first-order valence-electron chi connectivity index (χ1n) is 3.30. The minimum Gasteiger partial charge on any atom is -0.478 e. The highest BCUT2D eigenvalue weighted by Crippen LogP contribution is 2.22. The molecule has 1 aromatic carbocycles. The van der Waals surface area contributed by atoms with E-state index in [0.29, 0.717) is 0 Å². The van der Waals surface area contributed by atoms with Gasteiger partial charge >= 0.3 is 16.2 Å². The quantitative estimate of drug-likeness (QED) is 0.840. The fourth-order valence-corrected chi connectivity index (χ4v) is 2.01. The lowest BCUT2D eigenvalue weighted by Gasteiger charge is -2.00. The lowest BCUT2D eigenvalue weighted by molar-refractivity contribution is 0.0695. The van der Waals surface area contributed by atoms with Crippen LogP contribution in [0.5, 0.6) is 0 Å². The van der Waals surface area contributed by atoms with Crippen LogP contribution >= 0.6 is 15.9 Å². The predicted octanol–water partition coefficient (Wildman–Crippen LogP) is 1.81. The van der Waals surface area contributed by atoms with Crippen molar-refractivity contribution in [3.63, 3.8) is 0 Å². The van der Waals surface area contributed by atoms with Crippen molar-refractivity contribution in [3.8, 4) is 0 Å². The van der Waals surface area contributed by atoms with E-state index in [1.54, 1.807) is 0 Å². The van der Waals surface area contributed by atoms with Gasteiger partial charge in [0.05, 0.1) is 10.5 Å². The summed E-state index contributed by atoms with van der Waals surface area (Å²) in [5.74, 6) is -1.22. The molecule has 76 valence electrons. The second-order valence-corrected chi connectivity index (χ2v) is 4.59. The van der Waals surface area contributed by atoms with E-state index in [-0.39, 0.29) is 10.0 Å². The Kier molecular flexibility index (Phi) is 2.91. The van der Waals surface area contributed by atoms with E-state index in [1.807, 2.05) is 0 Å². The second-order valence-electron chi connectivity index (χ2n) is 2.38. The molecule has 14 heavy (non-hydrogen) atoms. The second kappa shape index (κ2) is 3.66. The number of rotatable bonds is 2. The van der Waals surface area contributed by atoms with Crippen molar-refractivity contribution >= 4 is 32.1 Å². The van der Waals surface area contributed by atoms with E-state index in [2.05, 4.69) is 15.9 Å². The molecule has 0 atom stereocenters. The van der Waals surface area contributed by atoms with E-state index in [9.17, 15) is 17.1 Å². The van der Waals surface area contributed by atoms with Crippen molar-refractivity contribution in [1.29, 1.82) is 0 Å². The molecule has 0 aromatic heterocycles. The summed E-state index contributed by atoms with van der Waals surface area (Å²) in [4.78, 5) is 9.93. The predicted molar refractivity (Wildman–Crippen MR) is 49.4 cm³/mol. The number of halogens is 2. The fraction of sp³-hybridized carbons (Fsp3) is 0. The maximum atomic E-state index is 12.4. The van der Waals surface area contributed by atoms with Crippen molar-refractivity contribution in [3.05, 3.63) is 28.2 Å². The van der Waals surface area contributed by atoms with Crippen molar-refractivity contribution < 1.29 is 22.2 Å². The third-order valence-electron chi connectivity index (χ3n) is 1.45. The van der Waals surface area contributed by atoms with Gasteiger partial charge in [-0.25, -0.2) is 4.79 Å². The largest absolute Gasteiger partial charge is 0.478 e. The zero-order valence-electron chi connectivity index (χ0n) is 6.57. The number of aromatic carboxylic acids is 1. The number of hydrogen-bond donors (Lipinski definition) is 1. The summed E-state index contributed by atoms with van der Waals surface area (Å²) in [6.45, 7) is 0. The van der Waals surface area contributed by atoms with Gasteiger partial charge < -0.3 is 5.11 Å². The minimum absolute atomic E-state index is 0.0173. The van der Waals surface area contributed by atoms with Crippen LogP contribution in [0.3, 0.4) is 0 Å². The molecule has 0 aliphatic carbocycles. The van der Waals surface area contributed by atoms with E-state index >= 15 is 0 Å². The summed E-state index contributed by atoms with van der Waals surface area (Å²) < 4.78 is 33.3. The highest BCUT2D eigenvalue weighted by molar-refractivity contribution is 9.10. The minimum atomic E-state index is -4.79. The molecule has 0 unspecified atom stereocenters. The van der Waals surface area contributed by atoms with Gasteiger partial charge in [0.2, 0.25) is 0 Å². The average molecular weight is 283 g/mol. The van der Waals surface area contributed by atoms with Gasteiger partial charge in [-0.1, -0.05) is 0 Å². The SMILES string of the molecule is O=C(O)c1ccc(S(=O)(=O)F)cc1Br. The molecule has 0 fully saturated rings. The molecule has 0 spiro atoms. The molecule has 0 aliphatic heterocycles. The number of hydrogen-bond acceptors (Lipinski definition) is 3. The van der Waals surface area contributed by atoms with Crippen molar-refractivity contribution in [2.24, 2.45) is 0 Å². The van der Waals surface area contributed by atoms with Gasteiger partial charge in [0.25, 0.3) is 0 Å². The maximum absolute atomic E-state index is 12.4. The van der Waals surface area contributed by atoms with Gasteiger partial charge in [-0.3, -0.25) is 0 Å². The van der Waals surface area contributed by atoms with Gasteiger partial charge in [-0.2, -0.15) is 8.42 Å². The molecule has 0 saturated heterocycles. The molecule has 0 bridgehead atoms. The van der Waals surface area contributed by atoms with E-state index in [0.717, 1.165) is 18.2 Å². The summed E-state index contributed by atoms with van der Waals surface area (Å²) >= 11 is 2.83. The van der Waals surface area contributed by atoms with Crippen LogP contribution in [0.15, 0.2) is 27.6 Å². The molecular weight excluding hydrogens is 279 g/mol. The molecule has 0 aliphatic rings. The Balaban J connectivity index is 3.34. The molecule has 1 aromatic rings. The van der Waals surface area contributed by atoms with Crippen LogP contribution in [0.4, 0.5) is 3.89 Å². The summed E-state index contributed by atoms with van der Waals surface area (Å²) in [5.41, 5.74) is -0.127. The zero-order chi connectivity index (χ0) is 10.9. The Morgan fingerprint density at radius 1 is 1.43 bits per heavy atom. The number of carbonyl (C=O) groups is 1. The monoisotopic (exact) mass is 282 g/mol. The fourth-order valence-electron chi connectivity index (χ4n) is 0.821. The van der Waals surface area contributed by atoms with Crippen LogP contribution in [0.2, 0.25) is 0 Å². The number of carboxylic acid groups (broad SMARTS) is 1. The third kappa shape index (κ3) is 2.30. The molecule has 1 rings (SSSR count). The molecule has 0 heterocycles. The number of benzene rings is 1. The van der Waals surface area contributed by atoms with Gasteiger partial charge in [0.15, 0.2) is 0 Å². The Morgan fingerprint density at radius 3 is 2.36 bits per heavy atom. The summed E-state index contributed by atoms with van der Waals surface area (Å²) in [5, 5.41) is 8.59. The Morgan fingerprint density at radius 2 is 2.00 bits per heavy atom. The normalized spacial score (nSPS) is 11.3. The molecule has 4 nitrogen and oxygen atoms in total. The summed E-state index contributed by atoms with van der Waals surface area (Å²) in [6.07, 6.45) is 0. The molecule has 0 radical (unpaired) electrons. The van der Waals surface area contributed by atoms with Crippen LogP contribution in [-0.4, -0.2) is 19.5 Å². The van der Waals surface area contributed by atoms with E-state index < -0.39 is 21.1 Å². The molecule has 0 saturated carbocycles. The summed E-state index contributed by atoms with van der Waals surface area (Å²) in [7, 11) is -4.79. The van der Waals surface area contributed by atoms with E-state index in [1.165, 1.54) is 0 Å². The van der Waals surface area contributed by atoms with Gasteiger partial charge in [-0.15, -0.1) is 3.89 Å². The first-order valence-corrected chi connectivity index (χ1v) is 5.47. The molecule has 1 N–H and O–H groups in total. The number of carboxylic acids is 1. The smallest absolute Gasteiger partial charge is 0.336 e. The van der Waals surface area contributed by atoms with E-state index in [4.69, 9.17) is 5.11 Å². The maximum Gasteiger partial charge on any atom is 0.336 e. The van der Waals surface area contributed by atoms with Gasteiger partial charge in [0.1, 0.15) is 0 Å². The lowest BCUT2D eigenvalue weighted by Crippen LogP contribution is -1.99. The highest BCUT2D eigenvalue weighted by atomic mass is 79.9. The Bertz CT molecular complexity index is 482. The zero-order valence-corrected chi connectivity index (χ0v) is 8.97. The molecular formula is C7H4BrFO4S. The van der Waals surface area contributed by atoms with Crippen LogP contribution in [0, 0.1) is 0 Å². The topological polar surface area (TPSA) is 71.4 Å². The van der Waals surface area contributed by atoms with Crippen LogP contribution < -0.4 is 0 Å². The lowest BCUT2D eigenvalue weighted by atomic mass is 10.2. The van der Waals surface area contributed by atoms with Crippen molar-refractivity contribution in [2.75, 3.05) is 0 Å². The summed E-state index contributed by atoms with van der Waals surface area (Å²) in [6, 6.07) is 2.81. The van der Waals surface area contributed by atoms with Crippen LogP contribution in [0.1, 0.15) is 10.4 Å².